The third-order valence-corrected chi connectivity index (χ3v) is 4.41. The molecule has 1 N–H and O–H groups in total. The van der Waals surface area contributed by atoms with Crippen molar-refractivity contribution in [2.24, 2.45) is 7.05 Å². The van der Waals surface area contributed by atoms with Crippen LogP contribution in [0.25, 0.3) is 0 Å². The van der Waals surface area contributed by atoms with E-state index in [9.17, 15) is 22.8 Å². The van der Waals surface area contributed by atoms with E-state index in [4.69, 9.17) is 0 Å². The molecule has 1 aromatic heterocycles. The Morgan fingerprint density at radius 3 is 2.28 bits per heavy atom. The molecule has 9 heteroatoms. The van der Waals surface area contributed by atoms with Crippen LogP contribution in [0.15, 0.2) is 29.1 Å². The van der Waals surface area contributed by atoms with E-state index < -0.39 is 11.7 Å². The maximum Gasteiger partial charge on any atom is 0.416 e. The molecule has 1 fully saturated rings. The Balaban J connectivity index is 1.64. The van der Waals surface area contributed by atoms with Crippen molar-refractivity contribution < 1.29 is 18.0 Å². The van der Waals surface area contributed by atoms with Crippen LogP contribution in [-0.4, -0.2) is 38.7 Å². The molecule has 1 aliphatic rings. The Morgan fingerprint density at radius 1 is 1.20 bits per heavy atom. The predicted molar refractivity (Wildman–Crippen MR) is 83.2 cm³/mol. The van der Waals surface area contributed by atoms with Crippen LogP contribution in [0, 0.1) is 0 Å². The highest BCUT2D eigenvalue weighted by Gasteiger charge is 2.31. The number of amides is 1. The number of alkyl halides is 3. The molecule has 0 radical (unpaired) electrons. The summed E-state index contributed by atoms with van der Waals surface area (Å²) in [4.78, 5) is 28.2. The van der Waals surface area contributed by atoms with E-state index in [1.54, 1.807) is 11.9 Å². The molecular weight excluding hydrogens is 337 g/mol. The zero-order chi connectivity index (χ0) is 18.2. The maximum atomic E-state index is 12.6. The Morgan fingerprint density at radius 2 is 1.80 bits per heavy atom. The lowest BCUT2D eigenvalue weighted by molar-refractivity contribution is -0.137. The first-order valence-corrected chi connectivity index (χ1v) is 7.85. The minimum absolute atomic E-state index is 0.0607. The molecule has 3 rings (SSSR count). The van der Waals surface area contributed by atoms with Crippen LogP contribution in [0.2, 0.25) is 0 Å². The maximum absolute atomic E-state index is 12.6. The molecule has 25 heavy (non-hydrogen) atoms. The topological polar surface area (TPSA) is 71.0 Å². The molecule has 2 aromatic rings. The number of rotatable bonds is 2. The first-order valence-electron chi connectivity index (χ1n) is 7.85. The number of piperidine rings is 1. The number of hydrogen-bond acceptors (Lipinski definition) is 3. The fraction of sp³-hybridized carbons (Fsp3) is 0.438. The van der Waals surface area contributed by atoms with Gasteiger partial charge in [-0.3, -0.25) is 9.78 Å². The summed E-state index contributed by atoms with van der Waals surface area (Å²) in [5, 5.41) is 4.13. The van der Waals surface area contributed by atoms with Crippen molar-refractivity contribution >= 4 is 5.91 Å². The van der Waals surface area contributed by atoms with Crippen molar-refractivity contribution in [1.82, 2.24) is 19.7 Å². The lowest BCUT2D eigenvalue weighted by Gasteiger charge is -2.31. The van der Waals surface area contributed by atoms with E-state index in [2.05, 4.69) is 10.1 Å². The molecule has 1 aliphatic heterocycles. The number of H-pyrrole nitrogens is 1. The zero-order valence-corrected chi connectivity index (χ0v) is 13.5. The molecule has 1 amide bonds. The van der Waals surface area contributed by atoms with Crippen molar-refractivity contribution in [2.75, 3.05) is 13.1 Å². The lowest BCUT2D eigenvalue weighted by Crippen LogP contribution is -2.38. The quantitative estimate of drug-likeness (QED) is 0.898. The molecular formula is C16H17F3N4O2. The van der Waals surface area contributed by atoms with Crippen LogP contribution in [0.3, 0.4) is 0 Å². The number of carbonyl (C=O) groups is 1. The van der Waals surface area contributed by atoms with Gasteiger partial charge in [-0.05, 0) is 37.1 Å². The predicted octanol–water partition coefficient (Wildman–Crippen LogP) is 2.15. The van der Waals surface area contributed by atoms with Gasteiger partial charge in [-0.25, -0.2) is 9.48 Å². The summed E-state index contributed by atoms with van der Waals surface area (Å²) in [5.74, 6) is 0.376. The minimum Gasteiger partial charge on any atom is -0.339 e. The molecule has 1 saturated heterocycles. The second-order valence-corrected chi connectivity index (χ2v) is 6.08. The number of aryl methyl sites for hydroxylation is 1. The average Bonchev–Trinajstić information content (AvgIpc) is 2.93. The highest BCUT2D eigenvalue weighted by molar-refractivity contribution is 5.94. The number of likely N-dealkylation sites (tertiary alicyclic amines) is 1. The molecule has 134 valence electrons. The van der Waals surface area contributed by atoms with Gasteiger partial charge in [-0.1, -0.05) is 0 Å². The molecule has 1 aromatic carbocycles. The normalized spacial score (nSPS) is 16.2. The van der Waals surface area contributed by atoms with Gasteiger partial charge in [-0.2, -0.15) is 18.3 Å². The summed E-state index contributed by atoms with van der Waals surface area (Å²) in [6.45, 7) is 0.923. The smallest absolute Gasteiger partial charge is 0.339 e. The molecule has 0 saturated carbocycles. The Bertz CT molecular complexity index is 815. The first-order chi connectivity index (χ1) is 11.8. The summed E-state index contributed by atoms with van der Waals surface area (Å²) in [6.07, 6.45) is -3.14. The van der Waals surface area contributed by atoms with Gasteiger partial charge in [0.1, 0.15) is 5.82 Å². The number of nitrogens with zero attached hydrogens (tertiary/aromatic N) is 3. The molecule has 2 heterocycles. The third-order valence-electron chi connectivity index (χ3n) is 4.41. The Labute approximate surface area is 141 Å². The number of benzene rings is 1. The summed E-state index contributed by atoms with van der Waals surface area (Å²) in [5.41, 5.74) is -0.821. The van der Waals surface area contributed by atoms with Crippen LogP contribution in [0.5, 0.6) is 0 Å². The van der Waals surface area contributed by atoms with Gasteiger partial charge < -0.3 is 4.90 Å². The van der Waals surface area contributed by atoms with Gasteiger partial charge >= 0.3 is 11.9 Å². The van der Waals surface area contributed by atoms with Gasteiger partial charge in [0.15, 0.2) is 0 Å². The van der Waals surface area contributed by atoms with Crippen molar-refractivity contribution in [2.45, 2.75) is 24.9 Å². The largest absolute Gasteiger partial charge is 0.416 e. The number of nitrogens with one attached hydrogen (secondary N) is 1. The van der Waals surface area contributed by atoms with Gasteiger partial charge in [-0.15, -0.1) is 0 Å². The fourth-order valence-corrected chi connectivity index (χ4v) is 2.95. The Hall–Kier alpha value is -2.58. The number of halogens is 3. The highest BCUT2D eigenvalue weighted by Crippen LogP contribution is 2.30. The standard InChI is InChI=1S/C16H17F3N4O2/c1-22-15(25)20-13(21-22)10-6-8-23(9-7-10)14(24)11-2-4-12(5-3-11)16(17,18)19/h2-5,10H,6-9H2,1H3,(H,20,21,25). The SMILES string of the molecule is Cn1nc(C2CCN(C(=O)c3ccc(C(F)(F)F)cc3)CC2)[nH]c1=O. The number of aromatic amines is 1. The van der Waals surface area contributed by atoms with E-state index in [1.165, 1.54) is 16.8 Å². The fourth-order valence-electron chi connectivity index (χ4n) is 2.95. The van der Waals surface area contributed by atoms with Crippen LogP contribution in [0.1, 0.15) is 40.5 Å². The van der Waals surface area contributed by atoms with Crippen molar-refractivity contribution in [3.8, 4) is 0 Å². The third kappa shape index (κ3) is 3.59. The molecule has 0 spiro atoms. The van der Waals surface area contributed by atoms with Crippen LogP contribution in [0.4, 0.5) is 13.2 Å². The number of carbonyl (C=O) groups excluding carboxylic acids is 1. The van der Waals surface area contributed by atoms with Gasteiger partial charge in [0.05, 0.1) is 5.56 Å². The number of hydrogen-bond donors (Lipinski definition) is 1. The van der Waals surface area contributed by atoms with E-state index >= 15 is 0 Å². The zero-order valence-electron chi connectivity index (χ0n) is 13.5. The average molecular weight is 354 g/mol. The monoisotopic (exact) mass is 354 g/mol. The van der Waals surface area contributed by atoms with Crippen LogP contribution >= 0.6 is 0 Å². The van der Waals surface area contributed by atoms with E-state index in [1.807, 2.05) is 0 Å². The van der Waals surface area contributed by atoms with Gasteiger partial charge in [0, 0.05) is 31.6 Å². The summed E-state index contributed by atoms with van der Waals surface area (Å²) >= 11 is 0. The van der Waals surface area contributed by atoms with E-state index in [0.717, 1.165) is 12.1 Å². The van der Waals surface area contributed by atoms with E-state index in [0.29, 0.717) is 31.8 Å². The van der Waals surface area contributed by atoms with Crippen LogP contribution < -0.4 is 5.69 Å². The van der Waals surface area contributed by atoms with Gasteiger partial charge in [0.2, 0.25) is 0 Å². The van der Waals surface area contributed by atoms with Crippen molar-refractivity contribution in [3.05, 3.63) is 51.7 Å². The molecule has 0 aliphatic carbocycles. The molecule has 0 atom stereocenters. The highest BCUT2D eigenvalue weighted by atomic mass is 19.4. The Kier molecular flexibility index (Phi) is 4.40. The van der Waals surface area contributed by atoms with Crippen molar-refractivity contribution in [3.63, 3.8) is 0 Å². The lowest BCUT2D eigenvalue weighted by atomic mass is 9.95. The summed E-state index contributed by atoms with van der Waals surface area (Å²) < 4.78 is 39.0. The van der Waals surface area contributed by atoms with Crippen LogP contribution in [-0.2, 0) is 13.2 Å². The summed E-state index contributed by atoms with van der Waals surface area (Å²) in [7, 11) is 1.56. The van der Waals surface area contributed by atoms with E-state index in [-0.39, 0.29) is 23.1 Å². The minimum atomic E-state index is -4.42. The molecule has 6 nitrogen and oxygen atoms in total. The number of aromatic nitrogens is 3. The second kappa shape index (κ2) is 6.38. The molecule has 0 unspecified atom stereocenters. The summed E-state index contributed by atoms with van der Waals surface area (Å²) in [6, 6.07) is 4.23. The van der Waals surface area contributed by atoms with Crippen molar-refractivity contribution in [1.29, 1.82) is 0 Å². The molecule has 0 bridgehead atoms. The second-order valence-electron chi connectivity index (χ2n) is 6.08. The van der Waals surface area contributed by atoms with Gasteiger partial charge in [0.25, 0.3) is 5.91 Å². The first kappa shape index (κ1) is 17.2.